The summed E-state index contributed by atoms with van der Waals surface area (Å²) in [5.74, 6) is 6.97. The van der Waals surface area contributed by atoms with Crippen LogP contribution in [0.15, 0.2) is 10.8 Å². The fraction of sp³-hybridized carbons (Fsp3) is 0.500. The fourth-order valence-electron chi connectivity index (χ4n) is 3.45. The number of ether oxygens (including phenoxy) is 1. The number of nitrogens with zero attached hydrogens (tertiary/aromatic N) is 5. The SMILES string of the molecule is CCn1c(-c2nonc2N)nc2c(C#CC(C)(C)O)ncc(OC[C@@H]3CCCN3)c21. The molecular formula is C20H25N7O3. The number of nitrogens with two attached hydrogens (primary N) is 1. The van der Waals surface area contributed by atoms with Crippen molar-refractivity contribution in [1.29, 1.82) is 0 Å². The summed E-state index contributed by atoms with van der Waals surface area (Å²) >= 11 is 0. The van der Waals surface area contributed by atoms with Gasteiger partial charge in [0.25, 0.3) is 0 Å². The Hall–Kier alpha value is -3.16. The van der Waals surface area contributed by atoms with Crippen molar-refractivity contribution in [3.8, 4) is 29.1 Å². The molecule has 0 spiro atoms. The number of nitrogen functional groups attached to an aromatic ring is 1. The number of anilines is 1. The van der Waals surface area contributed by atoms with E-state index in [1.807, 2.05) is 11.5 Å². The molecule has 1 fully saturated rings. The van der Waals surface area contributed by atoms with E-state index in [4.69, 9.17) is 20.1 Å². The van der Waals surface area contributed by atoms with Crippen LogP contribution in [0.4, 0.5) is 5.82 Å². The van der Waals surface area contributed by atoms with Gasteiger partial charge >= 0.3 is 0 Å². The van der Waals surface area contributed by atoms with Crippen LogP contribution in [0.3, 0.4) is 0 Å². The van der Waals surface area contributed by atoms with Crippen molar-refractivity contribution in [2.24, 2.45) is 0 Å². The molecule has 1 aliphatic rings. The van der Waals surface area contributed by atoms with Crippen LogP contribution < -0.4 is 15.8 Å². The molecule has 0 aliphatic carbocycles. The van der Waals surface area contributed by atoms with Crippen molar-refractivity contribution in [1.82, 2.24) is 30.2 Å². The number of fused-ring (bicyclic) bond motifs is 1. The molecule has 1 saturated heterocycles. The first kappa shape index (κ1) is 20.1. The third-order valence-electron chi connectivity index (χ3n) is 4.87. The van der Waals surface area contributed by atoms with Gasteiger partial charge in [0.15, 0.2) is 23.1 Å². The van der Waals surface area contributed by atoms with E-state index >= 15 is 0 Å². The Balaban J connectivity index is 1.86. The maximum absolute atomic E-state index is 10.00. The minimum Gasteiger partial charge on any atom is -0.488 e. The molecule has 0 aromatic carbocycles. The van der Waals surface area contributed by atoms with E-state index in [0.717, 1.165) is 24.9 Å². The molecule has 0 unspecified atom stereocenters. The van der Waals surface area contributed by atoms with Gasteiger partial charge in [-0.1, -0.05) is 5.92 Å². The molecule has 1 atom stereocenters. The summed E-state index contributed by atoms with van der Waals surface area (Å²) in [5.41, 5.74) is 6.82. The first-order chi connectivity index (χ1) is 14.4. The number of hydrogen-bond donors (Lipinski definition) is 3. The molecular weight excluding hydrogens is 386 g/mol. The van der Waals surface area contributed by atoms with Gasteiger partial charge < -0.3 is 25.5 Å². The Bertz CT molecular complexity index is 1110. The fourth-order valence-corrected chi connectivity index (χ4v) is 3.45. The average Bonchev–Trinajstić information content (AvgIpc) is 3.43. The first-order valence-electron chi connectivity index (χ1n) is 9.96. The third-order valence-corrected chi connectivity index (χ3v) is 4.87. The average molecular weight is 411 g/mol. The minimum atomic E-state index is -1.16. The lowest BCUT2D eigenvalue weighted by Crippen LogP contribution is -2.28. The third kappa shape index (κ3) is 3.94. The highest BCUT2D eigenvalue weighted by Crippen LogP contribution is 2.33. The number of imidazole rings is 1. The monoisotopic (exact) mass is 411 g/mol. The predicted molar refractivity (Wildman–Crippen MR) is 111 cm³/mol. The van der Waals surface area contributed by atoms with E-state index < -0.39 is 5.60 Å². The number of nitrogens with one attached hydrogen (secondary N) is 1. The Morgan fingerprint density at radius 1 is 1.43 bits per heavy atom. The molecule has 0 saturated carbocycles. The summed E-state index contributed by atoms with van der Waals surface area (Å²) in [6.07, 6.45) is 3.86. The van der Waals surface area contributed by atoms with Gasteiger partial charge in [0.1, 0.15) is 28.9 Å². The van der Waals surface area contributed by atoms with Crippen molar-refractivity contribution in [3.63, 3.8) is 0 Å². The molecule has 0 radical (unpaired) electrons. The minimum absolute atomic E-state index is 0.148. The quantitative estimate of drug-likeness (QED) is 0.531. The largest absolute Gasteiger partial charge is 0.488 e. The highest BCUT2D eigenvalue weighted by atomic mass is 16.6. The highest BCUT2D eigenvalue weighted by Gasteiger charge is 2.24. The van der Waals surface area contributed by atoms with E-state index in [1.54, 1.807) is 20.0 Å². The predicted octanol–water partition coefficient (Wildman–Crippen LogP) is 1.34. The topological polar surface area (TPSA) is 137 Å². The molecule has 1 aliphatic heterocycles. The molecule has 10 heteroatoms. The van der Waals surface area contributed by atoms with Gasteiger partial charge in [-0.05, 0) is 56.4 Å². The normalized spacial score (nSPS) is 16.6. The van der Waals surface area contributed by atoms with E-state index in [1.165, 1.54) is 0 Å². The number of rotatable bonds is 5. The van der Waals surface area contributed by atoms with E-state index in [9.17, 15) is 5.11 Å². The maximum atomic E-state index is 10.00. The molecule has 4 N–H and O–H groups in total. The molecule has 30 heavy (non-hydrogen) atoms. The molecule has 158 valence electrons. The second-order valence-corrected chi connectivity index (χ2v) is 7.76. The zero-order valence-electron chi connectivity index (χ0n) is 17.3. The summed E-state index contributed by atoms with van der Waals surface area (Å²) in [4.78, 5) is 9.16. The van der Waals surface area contributed by atoms with Crippen LogP contribution in [0.1, 0.15) is 39.3 Å². The number of aryl methyl sites for hydroxylation is 1. The van der Waals surface area contributed by atoms with Crippen molar-refractivity contribution in [3.05, 3.63) is 11.9 Å². The second-order valence-electron chi connectivity index (χ2n) is 7.76. The standard InChI is InChI=1S/C20H25N7O3/c1-4-27-17-14(29-11-12-6-5-9-22-12)10-23-13(7-8-20(2,3)28)15(17)24-19(27)16-18(21)26-30-25-16/h10,12,22,28H,4-6,9,11H2,1-3H3,(H2,21,26)/t12-/m0/s1. The Morgan fingerprint density at radius 2 is 2.27 bits per heavy atom. The highest BCUT2D eigenvalue weighted by molar-refractivity contribution is 5.89. The van der Waals surface area contributed by atoms with Crippen LogP contribution in [-0.2, 0) is 6.54 Å². The second kappa shape index (κ2) is 7.93. The Labute approximate surface area is 173 Å². The summed E-state index contributed by atoms with van der Waals surface area (Å²) in [7, 11) is 0. The summed E-state index contributed by atoms with van der Waals surface area (Å²) in [6.45, 7) is 7.33. The lowest BCUT2D eigenvalue weighted by Gasteiger charge is -2.14. The van der Waals surface area contributed by atoms with E-state index in [0.29, 0.717) is 47.7 Å². The van der Waals surface area contributed by atoms with Gasteiger partial charge in [0.2, 0.25) is 0 Å². The first-order valence-corrected chi connectivity index (χ1v) is 9.96. The van der Waals surface area contributed by atoms with Crippen molar-refractivity contribution in [2.75, 3.05) is 18.9 Å². The van der Waals surface area contributed by atoms with Gasteiger partial charge in [-0.15, -0.1) is 0 Å². The van der Waals surface area contributed by atoms with Crippen LogP contribution in [-0.4, -0.2) is 54.7 Å². The lowest BCUT2D eigenvalue weighted by molar-refractivity contribution is 0.143. The van der Waals surface area contributed by atoms with E-state index in [-0.39, 0.29) is 5.82 Å². The van der Waals surface area contributed by atoms with Crippen LogP contribution in [0, 0.1) is 11.8 Å². The Morgan fingerprint density at radius 3 is 2.90 bits per heavy atom. The van der Waals surface area contributed by atoms with E-state index in [2.05, 4.69) is 32.5 Å². The van der Waals surface area contributed by atoms with Crippen molar-refractivity contribution >= 4 is 16.9 Å². The number of hydrogen-bond acceptors (Lipinski definition) is 9. The lowest BCUT2D eigenvalue weighted by atomic mass is 10.1. The Kier molecular flexibility index (Phi) is 5.32. The molecule has 4 heterocycles. The number of aromatic nitrogens is 5. The van der Waals surface area contributed by atoms with Crippen LogP contribution in [0.5, 0.6) is 5.75 Å². The molecule has 0 amide bonds. The van der Waals surface area contributed by atoms with Gasteiger partial charge in [0, 0.05) is 12.6 Å². The van der Waals surface area contributed by atoms with Gasteiger partial charge in [0.05, 0.1) is 6.20 Å². The smallest absolute Gasteiger partial charge is 0.199 e. The van der Waals surface area contributed by atoms with Crippen molar-refractivity contribution in [2.45, 2.75) is 51.8 Å². The molecule has 3 aromatic heterocycles. The van der Waals surface area contributed by atoms with Crippen molar-refractivity contribution < 1.29 is 14.5 Å². The maximum Gasteiger partial charge on any atom is 0.199 e. The van der Waals surface area contributed by atoms with Crippen LogP contribution in [0.25, 0.3) is 22.6 Å². The molecule has 4 rings (SSSR count). The van der Waals surface area contributed by atoms with Gasteiger partial charge in [-0.3, -0.25) is 0 Å². The van der Waals surface area contributed by atoms with Gasteiger partial charge in [-0.2, -0.15) is 0 Å². The van der Waals surface area contributed by atoms with Crippen LogP contribution in [0.2, 0.25) is 0 Å². The number of pyridine rings is 1. The summed E-state index contributed by atoms with van der Waals surface area (Å²) < 4.78 is 12.8. The summed E-state index contributed by atoms with van der Waals surface area (Å²) in [6, 6.07) is 0.308. The molecule has 10 nitrogen and oxygen atoms in total. The zero-order valence-corrected chi connectivity index (χ0v) is 17.3. The van der Waals surface area contributed by atoms with Gasteiger partial charge in [-0.25, -0.2) is 14.6 Å². The summed E-state index contributed by atoms with van der Waals surface area (Å²) in [5, 5.41) is 21.0. The zero-order chi connectivity index (χ0) is 21.3. The van der Waals surface area contributed by atoms with Crippen LogP contribution >= 0.6 is 0 Å². The molecule has 3 aromatic rings. The molecule has 0 bridgehead atoms. The number of aliphatic hydroxyl groups is 1.